The first-order valence-electron chi connectivity index (χ1n) is 18.0. The second kappa shape index (κ2) is 17.3. The smallest absolute Gasteiger partial charge is 0.243 e. The van der Waals surface area contributed by atoms with Gasteiger partial charge < -0.3 is 31.3 Å². The van der Waals surface area contributed by atoms with Gasteiger partial charge in [0.15, 0.2) is 5.82 Å². The van der Waals surface area contributed by atoms with E-state index in [-0.39, 0.29) is 62.1 Å². The summed E-state index contributed by atoms with van der Waals surface area (Å²) in [6.45, 7) is 9.84. The van der Waals surface area contributed by atoms with Gasteiger partial charge in [-0.3, -0.25) is 24.0 Å². The van der Waals surface area contributed by atoms with Crippen LogP contribution in [-0.2, 0) is 43.4 Å². The molecule has 1 aromatic heterocycles. The number of aryl methyl sites for hydroxylation is 1. The van der Waals surface area contributed by atoms with Gasteiger partial charge in [-0.2, -0.15) is 5.10 Å². The fourth-order valence-corrected chi connectivity index (χ4v) is 6.53. The second-order valence-corrected chi connectivity index (χ2v) is 14.4. The van der Waals surface area contributed by atoms with Crippen molar-refractivity contribution in [2.45, 2.75) is 103 Å². The zero-order valence-corrected chi connectivity index (χ0v) is 30.5. The molecule has 2 aromatic carbocycles. The lowest BCUT2D eigenvalue weighted by atomic mass is 9.99. The average molecular weight is 715 g/mol. The number of benzene rings is 2. The molecule has 52 heavy (non-hydrogen) atoms. The third-order valence-corrected chi connectivity index (χ3v) is 9.14. The standard InChI is InChI=1S/C38H50N8O6/c1-22(2)17-27-21-52-28-13-11-26(12-14-28)19-30(42-36(49)29-15-16-32(47)41-29)37(50)43-31(18-25-9-7-6-8-10-25)38(51)44-34(23(3)4)35-39-24(5)45-46(35)20-33(48)40-27/h6-14,22-23,27,29-31,34H,15-21H2,1-5H3,(H,40,48)(H,41,47)(H,42,49)(H,43,50)(H,44,51)/t27-,29-,30-,31-,34-/m0/s1. The van der Waals surface area contributed by atoms with Crippen LogP contribution in [0.5, 0.6) is 5.75 Å². The number of nitrogens with zero attached hydrogens (tertiary/aromatic N) is 3. The Morgan fingerprint density at radius 3 is 2.31 bits per heavy atom. The van der Waals surface area contributed by atoms with Crippen LogP contribution in [0, 0.1) is 18.8 Å². The number of carbonyl (C=O) groups is 5. The van der Waals surface area contributed by atoms with Gasteiger partial charge in [-0.15, -0.1) is 0 Å². The lowest BCUT2D eigenvalue weighted by molar-refractivity contribution is -0.133. The highest BCUT2D eigenvalue weighted by Gasteiger charge is 2.34. The predicted octanol–water partition coefficient (Wildman–Crippen LogP) is 2.06. The highest BCUT2D eigenvalue weighted by atomic mass is 16.5. The summed E-state index contributed by atoms with van der Waals surface area (Å²) < 4.78 is 7.62. The molecule has 5 atom stereocenters. The zero-order valence-electron chi connectivity index (χ0n) is 30.5. The van der Waals surface area contributed by atoms with E-state index in [0.717, 1.165) is 11.1 Å². The van der Waals surface area contributed by atoms with Crippen molar-refractivity contribution >= 4 is 29.5 Å². The SMILES string of the molecule is Cc1nc2n(n1)CC(=O)N[C@@H](CC(C)C)COc1ccc(cc1)C[C@H](NC(=O)[C@@H]1CCC(=O)N1)C(=O)N[C@@H](Cc1ccccc1)C(=O)N[C@H]2C(C)C. The minimum atomic E-state index is -1.06. The van der Waals surface area contributed by atoms with Crippen LogP contribution in [0.4, 0.5) is 0 Å². The van der Waals surface area contributed by atoms with Gasteiger partial charge in [0.25, 0.3) is 0 Å². The Hall–Kier alpha value is -5.27. The molecule has 1 saturated heterocycles. The van der Waals surface area contributed by atoms with Crippen LogP contribution in [0.15, 0.2) is 54.6 Å². The van der Waals surface area contributed by atoms with Gasteiger partial charge in [0, 0.05) is 19.3 Å². The zero-order chi connectivity index (χ0) is 37.4. The van der Waals surface area contributed by atoms with Gasteiger partial charge in [-0.1, -0.05) is 70.2 Å². The van der Waals surface area contributed by atoms with Crippen LogP contribution < -0.4 is 31.3 Å². The number of hydrogen-bond acceptors (Lipinski definition) is 8. The van der Waals surface area contributed by atoms with Crippen molar-refractivity contribution in [2.75, 3.05) is 6.61 Å². The molecule has 1 fully saturated rings. The normalized spacial score (nSPS) is 23.2. The van der Waals surface area contributed by atoms with E-state index in [2.05, 4.69) is 50.5 Å². The molecule has 0 radical (unpaired) electrons. The van der Waals surface area contributed by atoms with Gasteiger partial charge in [-0.05, 0) is 54.9 Å². The maximum atomic E-state index is 14.2. The van der Waals surface area contributed by atoms with E-state index in [4.69, 9.17) is 4.74 Å². The first-order valence-corrected chi connectivity index (χ1v) is 18.0. The molecule has 0 saturated carbocycles. The molecule has 3 aliphatic heterocycles. The monoisotopic (exact) mass is 714 g/mol. The lowest BCUT2D eigenvalue weighted by Gasteiger charge is -2.28. The molecule has 4 heterocycles. The van der Waals surface area contributed by atoms with Gasteiger partial charge >= 0.3 is 0 Å². The molecule has 0 spiro atoms. The number of rotatable bonds is 7. The Morgan fingerprint density at radius 2 is 1.65 bits per heavy atom. The molecule has 0 unspecified atom stereocenters. The number of aromatic nitrogens is 3. The summed E-state index contributed by atoms with van der Waals surface area (Å²) in [5.74, 6) is -0.441. The van der Waals surface area contributed by atoms with Gasteiger partial charge in [0.1, 0.15) is 42.9 Å². The molecule has 278 valence electrons. The molecule has 6 rings (SSSR count). The molecular weight excluding hydrogens is 664 g/mol. The minimum absolute atomic E-state index is 0.112. The highest BCUT2D eigenvalue weighted by molar-refractivity contribution is 5.95. The molecule has 3 aliphatic rings. The Bertz CT molecular complexity index is 1720. The van der Waals surface area contributed by atoms with Crippen molar-refractivity contribution in [3.63, 3.8) is 0 Å². The quantitative estimate of drug-likeness (QED) is 0.246. The summed E-state index contributed by atoms with van der Waals surface area (Å²) in [4.78, 5) is 71.7. The van der Waals surface area contributed by atoms with Crippen molar-refractivity contribution in [1.29, 1.82) is 0 Å². The Kier molecular flexibility index (Phi) is 12.6. The van der Waals surface area contributed by atoms with Crippen LogP contribution in [0.1, 0.15) is 75.8 Å². The molecule has 0 aliphatic carbocycles. The lowest BCUT2D eigenvalue weighted by Crippen LogP contribution is -2.57. The van der Waals surface area contributed by atoms with E-state index in [0.29, 0.717) is 30.2 Å². The van der Waals surface area contributed by atoms with Crippen molar-refractivity contribution in [3.05, 3.63) is 77.4 Å². The molecule has 14 nitrogen and oxygen atoms in total. The summed E-state index contributed by atoms with van der Waals surface area (Å²) in [6.07, 6.45) is 1.50. The molecular formula is C38H50N8O6. The number of fused-ring (bicyclic) bond motifs is 14. The first kappa shape index (κ1) is 38.0. The molecule has 5 N–H and O–H groups in total. The van der Waals surface area contributed by atoms with E-state index in [9.17, 15) is 24.0 Å². The van der Waals surface area contributed by atoms with Crippen LogP contribution in [0.2, 0.25) is 0 Å². The summed E-state index contributed by atoms with van der Waals surface area (Å²) in [6, 6.07) is 12.7. The summed E-state index contributed by atoms with van der Waals surface area (Å²) in [5, 5.41) is 19.1. The number of hydrogen-bond donors (Lipinski definition) is 5. The van der Waals surface area contributed by atoms with Crippen molar-refractivity contribution in [3.8, 4) is 5.75 Å². The molecule has 14 heteroatoms. The molecule has 2 bridgehead atoms. The Morgan fingerprint density at radius 1 is 0.923 bits per heavy atom. The summed E-state index contributed by atoms with van der Waals surface area (Å²) >= 11 is 0. The topological polar surface area (TPSA) is 185 Å². The van der Waals surface area contributed by atoms with Crippen LogP contribution in [0.25, 0.3) is 0 Å². The largest absolute Gasteiger partial charge is 0.491 e. The summed E-state index contributed by atoms with van der Waals surface area (Å²) in [7, 11) is 0. The highest BCUT2D eigenvalue weighted by Crippen LogP contribution is 2.22. The van der Waals surface area contributed by atoms with E-state index in [1.54, 1.807) is 19.1 Å². The first-order chi connectivity index (χ1) is 24.8. The fourth-order valence-electron chi connectivity index (χ4n) is 6.53. The van der Waals surface area contributed by atoms with Gasteiger partial charge in [0.05, 0.1) is 12.1 Å². The second-order valence-electron chi connectivity index (χ2n) is 14.4. The maximum absolute atomic E-state index is 14.2. The van der Waals surface area contributed by atoms with E-state index >= 15 is 0 Å². The van der Waals surface area contributed by atoms with Gasteiger partial charge in [-0.25, -0.2) is 9.67 Å². The van der Waals surface area contributed by atoms with Crippen molar-refractivity contribution in [2.24, 2.45) is 11.8 Å². The van der Waals surface area contributed by atoms with Crippen molar-refractivity contribution in [1.82, 2.24) is 41.3 Å². The number of amides is 5. The average Bonchev–Trinajstić information content (AvgIpc) is 3.69. The van der Waals surface area contributed by atoms with Crippen molar-refractivity contribution < 1.29 is 28.7 Å². The number of carbonyl (C=O) groups excluding carboxylic acids is 5. The van der Waals surface area contributed by atoms with E-state index in [1.165, 1.54) is 4.68 Å². The van der Waals surface area contributed by atoms with Crippen LogP contribution in [0.3, 0.4) is 0 Å². The third-order valence-electron chi connectivity index (χ3n) is 9.14. The van der Waals surface area contributed by atoms with Crippen LogP contribution in [-0.4, -0.2) is 75.1 Å². The fraction of sp³-hybridized carbons (Fsp3) is 0.500. The predicted molar refractivity (Wildman–Crippen MR) is 193 cm³/mol. The third kappa shape index (κ3) is 10.4. The molecule has 3 aromatic rings. The van der Waals surface area contributed by atoms with Gasteiger partial charge in [0.2, 0.25) is 29.5 Å². The maximum Gasteiger partial charge on any atom is 0.243 e. The number of nitrogens with one attached hydrogen (secondary N) is 5. The molecule has 5 amide bonds. The summed E-state index contributed by atoms with van der Waals surface area (Å²) in [5.41, 5.74) is 1.55. The number of ether oxygens (including phenoxy) is 1. The Labute approximate surface area is 304 Å². The van der Waals surface area contributed by atoms with Crippen LogP contribution >= 0.6 is 0 Å². The Balaban J connectivity index is 1.51. The van der Waals surface area contributed by atoms with E-state index in [1.807, 2.05) is 56.3 Å². The van der Waals surface area contributed by atoms with E-state index < -0.39 is 41.9 Å². The minimum Gasteiger partial charge on any atom is -0.491 e.